The molecule has 0 aliphatic carbocycles. The third-order valence-corrected chi connectivity index (χ3v) is 2.11. The molecule has 0 spiro atoms. The number of hydrogen-bond donors (Lipinski definition) is 1. The maximum absolute atomic E-state index is 12.7. The Morgan fingerprint density at radius 1 is 1.29 bits per heavy atom. The molecule has 0 saturated carbocycles. The highest BCUT2D eigenvalue weighted by Gasteiger charge is 2.05. The van der Waals surface area contributed by atoms with Crippen LogP contribution in [0.5, 0.6) is 0 Å². The Hall–Kier alpha value is -1.64. The second-order valence-corrected chi connectivity index (χ2v) is 3.02. The Balaban J connectivity index is 2.44. The summed E-state index contributed by atoms with van der Waals surface area (Å²) < 4.78 is 12.7. The topological polar surface area (TPSA) is 28.7 Å². The molecule has 2 rings (SSSR count). The van der Waals surface area contributed by atoms with Crippen molar-refractivity contribution in [1.29, 1.82) is 0 Å². The molecule has 0 amide bonds. The summed E-state index contributed by atoms with van der Waals surface area (Å²) in [5, 5.41) is 6.88. The van der Waals surface area contributed by atoms with Crippen molar-refractivity contribution < 1.29 is 4.39 Å². The minimum Gasteiger partial charge on any atom is -0.285 e. The fraction of sp³-hybridized carbons (Fsp3) is 0.0909. The van der Waals surface area contributed by atoms with Crippen LogP contribution in [0.3, 0.4) is 0 Å². The predicted molar refractivity (Wildman–Crippen MR) is 53.0 cm³/mol. The molecule has 1 aromatic carbocycles. The van der Waals surface area contributed by atoms with Crippen LogP contribution >= 0.6 is 0 Å². The van der Waals surface area contributed by atoms with Gasteiger partial charge in [-0.05, 0) is 43.2 Å². The van der Waals surface area contributed by atoms with E-state index in [9.17, 15) is 4.39 Å². The van der Waals surface area contributed by atoms with Gasteiger partial charge in [-0.3, -0.25) is 5.10 Å². The third-order valence-electron chi connectivity index (χ3n) is 2.11. The quantitative estimate of drug-likeness (QED) is 0.772. The molecule has 0 aliphatic heterocycles. The lowest BCUT2D eigenvalue weighted by Crippen LogP contribution is -1.84. The Bertz CT molecular complexity index is 417. The first-order valence-corrected chi connectivity index (χ1v) is 4.39. The number of halogens is 1. The highest BCUT2D eigenvalue weighted by atomic mass is 19.1. The average molecular weight is 189 g/mol. The molecule has 2 aromatic rings. The number of benzene rings is 1. The zero-order valence-corrected chi connectivity index (χ0v) is 7.63. The van der Waals surface area contributed by atoms with Crippen molar-refractivity contribution in [2.45, 2.75) is 6.42 Å². The summed E-state index contributed by atoms with van der Waals surface area (Å²) in [7, 11) is 0. The molecular weight excluding hydrogens is 179 g/mol. The van der Waals surface area contributed by atoms with Gasteiger partial charge in [-0.1, -0.05) is 0 Å². The zero-order valence-electron chi connectivity index (χ0n) is 7.63. The first-order chi connectivity index (χ1) is 6.81. The van der Waals surface area contributed by atoms with E-state index < -0.39 is 0 Å². The summed E-state index contributed by atoms with van der Waals surface area (Å²) in [6.07, 6.45) is 2.48. The first-order valence-electron chi connectivity index (χ1n) is 4.39. The summed E-state index contributed by atoms with van der Waals surface area (Å²) in [4.78, 5) is 0. The Labute approximate surface area is 81.8 Å². The fourth-order valence-corrected chi connectivity index (χ4v) is 1.36. The van der Waals surface area contributed by atoms with Gasteiger partial charge in [0.1, 0.15) is 5.82 Å². The lowest BCUT2D eigenvalue weighted by Gasteiger charge is -1.99. The summed E-state index contributed by atoms with van der Waals surface area (Å²) in [6.45, 7) is 3.80. The van der Waals surface area contributed by atoms with Gasteiger partial charge in [-0.2, -0.15) is 5.10 Å². The van der Waals surface area contributed by atoms with Crippen LogP contribution in [0.4, 0.5) is 4.39 Å². The zero-order chi connectivity index (χ0) is 9.97. The number of rotatable bonds is 2. The number of aromatic amines is 1. The van der Waals surface area contributed by atoms with E-state index in [0.717, 1.165) is 16.8 Å². The van der Waals surface area contributed by atoms with Crippen molar-refractivity contribution in [3.63, 3.8) is 0 Å². The van der Waals surface area contributed by atoms with Gasteiger partial charge in [0.25, 0.3) is 0 Å². The predicted octanol–water partition coefficient (Wildman–Crippen LogP) is 2.59. The monoisotopic (exact) mass is 189 g/mol. The van der Waals surface area contributed by atoms with Gasteiger partial charge in [0.05, 0.1) is 5.69 Å². The number of nitrogens with one attached hydrogen (secondary N) is 1. The molecule has 0 aliphatic rings. The van der Waals surface area contributed by atoms with Crippen molar-refractivity contribution in [2.24, 2.45) is 0 Å². The number of aromatic nitrogens is 2. The molecule has 0 unspecified atom stereocenters. The summed E-state index contributed by atoms with van der Waals surface area (Å²) >= 11 is 0. The highest BCUT2D eigenvalue weighted by Crippen LogP contribution is 2.21. The molecule has 1 radical (unpaired) electrons. The SMILES string of the molecule is [CH2]Cc1c[nH]nc1-c1ccc(F)cc1. The minimum absolute atomic E-state index is 0.236. The number of H-pyrrole nitrogens is 1. The highest BCUT2D eigenvalue weighted by molar-refractivity contribution is 5.62. The molecule has 14 heavy (non-hydrogen) atoms. The smallest absolute Gasteiger partial charge is 0.123 e. The second kappa shape index (κ2) is 3.62. The van der Waals surface area contributed by atoms with E-state index >= 15 is 0 Å². The van der Waals surface area contributed by atoms with Gasteiger partial charge in [0.15, 0.2) is 0 Å². The maximum Gasteiger partial charge on any atom is 0.123 e. The molecule has 3 heteroatoms. The number of hydrogen-bond acceptors (Lipinski definition) is 1. The van der Waals surface area contributed by atoms with E-state index in [1.807, 2.05) is 6.20 Å². The van der Waals surface area contributed by atoms with Crippen LogP contribution in [0.2, 0.25) is 0 Å². The van der Waals surface area contributed by atoms with Crippen molar-refractivity contribution in [3.05, 3.63) is 48.8 Å². The van der Waals surface area contributed by atoms with E-state index in [0.29, 0.717) is 6.42 Å². The number of nitrogens with zero attached hydrogens (tertiary/aromatic N) is 1. The van der Waals surface area contributed by atoms with Crippen molar-refractivity contribution in [3.8, 4) is 11.3 Å². The second-order valence-electron chi connectivity index (χ2n) is 3.02. The molecule has 0 bridgehead atoms. The normalized spacial score (nSPS) is 10.4. The van der Waals surface area contributed by atoms with Crippen LogP contribution in [0.25, 0.3) is 11.3 Å². The van der Waals surface area contributed by atoms with Gasteiger partial charge in [-0.25, -0.2) is 4.39 Å². The van der Waals surface area contributed by atoms with Crippen molar-refractivity contribution in [2.75, 3.05) is 0 Å². The Kier molecular flexibility index (Phi) is 2.31. The lowest BCUT2D eigenvalue weighted by molar-refractivity contribution is 0.628. The molecular formula is C11H10FN2. The van der Waals surface area contributed by atoms with Crippen molar-refractivity contribution in [1.82, 2.24) is 10.2 Å². The van der Waals surface area contributed by atoms with Gasteiger partial charge >= 0.3 is 0 Å². The molecule has 1 N–H and O–H groups in total. The van der Waals surface area contributed by atoms with Crippen LogP contribution in [-0.4, -0.2) is 10.2 Å². The van der Waals surface area contributed by atoms with Crippen LogP contribution < -0.4 is 0 Å². The van der Waals surface area contributed by atoms with Crippen LogP contribution in [-0.2, 0) is 6.42 Å². The molecule has 1 heterocycles. The van der Waals surface area contributed by atoms with E-state index in [1.54, 1.807) is 12.1 Å². The summed E-state index contributed by atoms with van der Waals surface area (Å²) in [5.74, 6) is -0.236. The van der Waals surface area contributed by atoms with Gasteiger partial charge in [-0.15, -0.1) is 0 Å². The molecule has 71 valence electrons. The first kappa shape index (κ1) is 8.94. The molecule has 0 atom stereocenters. The minimum atomic E-state index is -0.236. The average Bonchev–Trinajstić information content (AvgIpc) is 2.67. The van der Waals surface area contributed by atoms with E-state index in [4.69, 9.17) is 0 Å². The van der Waals surface area contributed by atoms with Gasteiger partial charge in [0, 0.05) is 11.8 Å². The molecule has 2 nitrogen and oxygen atoms in total. The third kappa shape index (κ3) is 1.53. The Morgan fingerprint density at radius 2 is 2.00 bits per heavy atom. The maximum atomic E-state index is 12.7. The van der Waals surface area contributed by atoms with E-state index in [-0.39, 0.29) is 5.82 Å². The summed E-state index contributed by atoms with van der Waals surface area (Å²) in [5.41, 5.74) is 2.79. The molecule has 0 saturated heterocycles. The van der Waals surface area contributed by atoms with E-state index in [1.165, 1.54) is 12.1 Å². The van der Waals surface area contributed by atoms with Gasteiger partial charge in [0.2, 0.25) is 0 Å². The van der Waals surface area contributed by atoms with E-state index in [2.05, 4.69) is 17.1 Å². The largest absolute Gasteiger partial charge is 0.285 e. The summed E-state index contributed by atoms with van der Waals surface area (Å²) in [6, 6.07) is 6.28. The molecule has 0 fully saturated rings. The Morgan fingerprint density at radius 3 is 2.64 bits per heavy atom. The lowest BCUT2D eigenvalue weighted by atomic mass is 10.1. The van der Waals surface area contributed by atoms with Crippen LogP contribution in [0, 0.1) is 12.7 Å². The van der Waals surface area contributed by atoms with Crippen molar-refractivity contribution >= 4 is 0 Å². The standard InChI is InChI=1S/C11H10FN2/c1-2-8-7-13-14-11(8)9-3-5-10(12)6-4-9/h3-7H,1-2H2,(H,13,14). The van der Waals surface area contributed by atoms with Gasteiger partial charge < -0.3 is 0 Å². The fourth-order valence-electron chi connectivity index (χ4n) is 1.36. The molecule has 1 aromatic heterocycles. The van der Waals surface area contributed by atoms with Crippen LogP contribution in [0.15, 0.2) is 30.5 Å². The van der Waals surface area contributed by atoms with Crippen LogP contribution in [0.1, 0.15) is 5.56 Å².